The standard InChI is InChI=1S/C12H11F2NS/c13-10-4-1-3-9(11(10)14)7-12(8-15)5-2-6-16-12/h1,3-4H,2,5-7H2. The number of halogens is 2. The van der Waals surface area contributed by atoms with Gasteiger partial charge in [-0.15, -0.1) is 11.8 Å². The zero-order valence-electron chi connectivity index (χ0n) is 8.67. The van der Waals surface area contributed by atoms with E-state index in [1.54, 1.807) is 17.8 Å². The van der Waals surface area contributed by atoms with Crippen molar-refractivity contribution in [3.05, 3.63) is 35.4 Å². The number of nitriles is 1. The minimum absolute atomic E-state index is 0.289. The first kappa shape index (κ1) is 11.4. The van der Waals surface area contributed by atoms with Crippen molar-refractivity contribution in [2.75, 3.05) is 5.75 Å². The van der Waals surface area contributed by atoms with Crippen molar-refractivity contribution in [1.82, 2.24) is 0 Å². The van der Waals surface area contributed by atoms with Crippen LogP contribution in [0.2, 0.25) is 0 Å². The molecule has 1 saturated heterocycles. The molecule has 1 nitrogen and oxygen atoms in total. The summed E-state index contributed by atoms with van der Waals surface area (Å²) in [7, 11) is 0. The highest BCUT2D eigenvalue weighted by Gasteiger charge is 2.35. The Hall–Kier alpha value is -1.08. The average molecular weight is 239 g/mol. The van der Waals surface area contributed by atoms with Crippen LogP contribution < -0.4 is 0 Å². The molecule has 2 rings (SSSR count). The van der Waals surface area contributed by atoms with Crippen molar-refractivity contribution in [3.63, 3.8) is 0 Å². The molecule has 4 heteroatoms. The molecule has 0 N–H and O–H groups in total. The molecule has 0 spiro atoms. The van der Waals surface area contributed by atoms with E-state index in [0.717, 1.165) is 24.7 Å². The molecule has 1 aliphatic heterocycles. The number of hydrogen-bond acceptors (Lipinski definition) is 2. The number of benzene rings is 1. The van der Waals surface area contributed by atoms with E-state index in [0.29, 0.717) is 5.56 Å². The third-order valence-electron chi connectivity index (χ3n) is 2.81. The van der Waals surface area contributed by atoms with Gasteiger partial charge in [0.1, 0.15) is 4.75 Å². The lowest BCUT2D eigenvalue weighted by Crippen LogP contribution is -2.22. The summed E-state index contributed by atoms with van der Waals surface area (Å²) in [5, 5.41) is 9.15. The highest BCUT2D eigenvalue weighted by molar-refractivity contribution is 8.01. The first-order valence-electron chi connectivity index (χ1n) is 5.15. The van der Waals surface area contributed by atoms with Crippen molar-refractivity contribution in [2.24, 2.45) is 0 Å². The van der Waals surface area contributed by atoms with Gasteiger partial charge in [-0.05, 0) is 30.2 Å². The first-order valence-corrected chi connectivity index (χ1v) is 6.13. The predicted molar refractivity (Wildman–Crippen MR) is 60.1 cm³/mol. The summed E-state index contributed by atoms with van der Waals surface area (Å²) < 4.78 is 25.9. The van der Waals surface area contributed by atoms with Gasteiger partial charge in [-0.3, -0.25) is 0 Å². The number of rotatable bonds is 2. The Kier molecular flexibility index (Phi) is 3.15. The summed E-state index contributed by atoms with van der Waals surface area (Å²) in [4.78, 5) is 0. The summed E-state index contributed by atoms with van der Waals surface area (Å²) in [6.45, 7) is 0. The van der Waals surface area contributed by atoms with E-state index >= 15 is 0 Å². The van der Waals surface area contributed by atoms with Gasteiger partial charge in [0.2, 0.25) is 0 Å². The normalized spacial score (nSPS) is 24.3. The Morgan fingerprint density at radius 2 is 2.25 bits per heavy atom. The third kappa shape index (κ3) is 2.05. The van der Waals surface area contributed by atoms with Crippen LogP contribution in [0, 0.1) is 23.0 Å². The molecule has 1 fully saturated rings. The molecule has 0 aromatic heterocycles. The van der Waals surface area contributed by atoms with Crippen molar-refractivity contribution in [1.29, 1.82) is 5.26 Å². The van der Waals surface area contributed by atoms with Gasteiger partial charge < -0.3 is 0 Å². The molecule has 1 atom stereocenters. The maximum Gasteiger partial charge on any atom is 0.162 e. The lowest BCUT2D eigenvalue weighted by molar-refractivity contribution is 0.493. The Morgan fingerprint density at radius 3 is 2.88 bits per heavy atom. The van der Waals surface area contributed by atoms with Gasteiger partial charge in [0, 0.05) is 6.42 Å². The Morgan fingerprint density at radius 1 is 1.44 bits per heavy atom. The van der Waals surface area contributed by atoms with Crippen LogP contribution in [-0.2, 0) is 6.42 Å². The fraction of sp³-hybridized carbons (Fsp3) is 0.417. The molecule has 0 radical (unpaired) electrons. The second kappa shape index (κ2) is 4.42. The summed E-state index contributed by atoms with van der Waals surface area (Å²) in [6.07, 6.45) is 2.01. The van der Waals surface area contributed by atoms with Gasteiger partial charge >= 0.3 is 0 Å². The van der Waals surface area contributed by atoms with Crippen LogP contribution in [0.1, 0.15) is 18.4 Å². The van der Waals surface area contributed by atoms with Crippen LogP contribution >= 0.6 is 11.8 Å². The van der Waals surface area contributed by atoms with E-state index in [2.05, 4.69) is 6.07 Å². The van der Waals surface area contributed by atoms with Gasteiger partial charge in [0.25, 0.3) is 0 Å². The molecular formula is C12H11F2NS. The van der Waals surface area contributed by atoms with Crippen molar-refractivity contribution in [3.8, 4) is 6.07 Å². The quantitative estimate of drug-likeness (QED) is 0.790. The maximum atomic E-state index is 13.5. The minimum Gasteiger partial charge on any atom is -0.204 e. The monoisotopic (exact) mass is 239 g/mol. The predicted octanol–water partition coefficient (Wildman–Crippen LogP) is 3.30. The number of thioether (sulfide) groups is 1. The summed E-state index contributed by atoms with van der Waals surface area (Å²) in [5.41, 5.74) is 0.302. The van der Waals surface area contributed by atoms with Crippen LogP contribution in [0.25, 0.3) is 0 Å². The fourth-order valence-corrected chi connectivity index (χ4v) is 3.25. The average Bonchev–Trinajstić information content (AvgIpc) is 2.74. The zero-order chi connectivity index (χ0) is 11.6. The second-order valence-electron chi connectivity index (χ2n) is 3.95. The SMILES string of the molecule is N#CC1(Cc2cccc(F)c2F)CCCS1. The van der Waals surface area contributed by atoms with Crippen molar-refractivity contribution in [2.45, 2.75) is 24.0 Å². The molecule has 1 aromatic carbocycles. The lowest BCUT2D eigenvalue weighted by Gasteiger charge is -2.19. The van der Waals surface area contributed by atoms with E-state index in [1.165, 1.54) is 6.07 Å². The molecule has 16 heavy (non-hydrogen) atoms. The fourth-order valence-electron chi connectivity index (χ4n) is 1.96. The molecule has 84 valence electrons. The molecule has 1 unspecified atom stereocenters. The van der Waals surface area contributed by atoms with Crippen LogP contribution in [0.5, 0.6) is 0 Å². The molecule has 1 aliphatic rings. The van der Waals surface area contributed by atoms with Gasteiger partial charge in [-0.25, -0.2) is 8.78 Å². The van der Waals surface area contributed by atoms with Crippen LogP contribution in [0.4, 0.5) is 8.78 Å². The van der Waals surface area contributed by atoms with Crippen LogP contribution in [0.3, 0.4) is 0 Å². The summed E-state index contributed by atoms with van der Waals surface area (Å²) in [6, 6.07) is 6.38. The Balaban J connectivity index is 2.27. The molecular weight excluding hydrogens is 228 g/mol. The zero-order valence-corrected chi connectivity index (χ0v) is 9.49. The highest BCUT2D eigenvalue weighted by Crippen LogP contribution is 2.40. The lowest BCUT2D eigenvalue weighted by atomic mass is 9.95. The van der Waals surface area contributed by atoms with Crippen LogP contribution in [0.15, 0.2) is 18.2 Å². The van der Waals surface area contributed by atoms with E-state index in [9.17, 15) is 8.78 Å². The largest absolute Gasteiger partial charge is 0.204 e. The Labute approximate surface area is 97.5 Å². The summed E-state index contributed by atoms with van der Waals surface area (Å²) in [5.74, 6) is -0.733. The second-order valence-corrected chi connectivity index (χ2v) is 5.43. The van der Waals surface area contributed by atoms with E-state index in [-0.39, 0.29) is 6.42 Å². The third-order valence-corrected chi connectivity index (χ3v) is 4.30. The molecule has 0 saturated carbocycles. The van der Waals surface area contributed by atoms with Crippen molar-refractivity contribution < 1.29 is 8.78 Å². The van der Waals surface area contributed by atoms with Gasteiger partial charge in [-0.2, -0.15) is 5.26 Å². The highest BCUT2D eigenvalue weighted by atomic mass is 32.2. The molecule has 0 aliphatic carbocycles. The first-order chi connectivity index (χ1) is 7.67. The Bertz CT molecular complexity index is 433. The maximum absolute atomic E-state index is 13.5. The number of nitrogens with zero attached hydrogens (tertiary/aromatic N) is 1. The van der Waals surface area contributed by atoms with E-state index in [4.69, 9.17) is 5.26 Å². The topological polar surface area (TPSA) is 23.8 Å². The molecule has 0 amide bonds. The van der Waals surface area contributed by atoms with Gasteiger partial charge in [0.15, 0.2) is 11.6 Å². The summed E-state index contributed by atoms with van der Waals surface area (Å²) >= 11 is 1.55. The molecule has 1 aromatic rings. The van der Waals surface area contributed by atoms with Gasteiger partial charge in [-0.1, -0.05) is 12.1 Å². The molecule has 0 bridgehead atoms. The number of hydrogen-bond donors (Lipinski definition) is 0. The van der Waals surface area contributed by atoms with Gasteiger partial charge in [0.05, 0.1) is 6.07 Å². The minimum atomic E-state index is -0.839. The van der Waals surface area contributed by atoms with Crippen molar-refractivity contribution >= 4 is 11.8 Å². The smallest absolute Gasteiger partial charge is 0.162 e. The van der Waals surface area contributed by atoms with E-state index < -0.39 is 16.4 Å². The molecule has 1 heterocycles. The van der Waals surface area contributed by atoms with E-state index in [1.807, 2.05) is 0 Å². The van der Waals surface area contributed by atoms with Crippen LogP contribution in [-0.4, -0.2) is 10.5 Å².